The zero-order valence-corrected chi connectivity index (χ0v) is 15.8. The zero-order chi connectivity index (χ0) is 14.8. The molecule has 0 aliphatic heterocycles. The van der Waals surface area contributed by atoms with Gasteiger partial charge in [0, 0.05) is 0 Å². The van der Waals surface area contributed by atoms with E-state index in [1.54, 1.807) is 0 Å². The van der Waals surface area contributed by atoms with Gasteiger partial charge in [0.25, 0.3) is 0 Å². The molecule has 0 nitrogen and oxygen atoms in total. The van der Waals surface area contributed by atoms with Crippen LogP contribution in [0.25, 0.3) is 0 Å². The molecule has 0 N–H and O–H groups in total. The van der Waals surface area contributed by atoms with E-state index in [0.717, 1.165) is 10.7 Å². The Morgan fingerprint density at radius 3 is 0.905 bits per heavy atom. The molecule has 3 aromatic carbocycles. The molecule has 0 radical (unpaired) electrons. The molecule has 0 fully saturated rings. The van der Waals surface area contributed by atoms with Crippen LogP contribution in [0.2, 0.25) is 0 Å². The predicted octanol–water partition coefficient (Wildman–Crippen LogP) is 3.58. The molecule has 0 bridgehead atoms. The minimum atomic E-state index is -4.51. The van der Waals surface area contributed by atoms with Gasteiger partial charge in [0.2, 0.25) is 0 Å². The summed E-state index contributed by atoms with van der Waals surface area (Å²) in [6, 6.07) is 30.2. The summed E-state index contributed by atoms with van der Waals surface area (Å²) in [6.45, 7) is 0. The first-order chi connectivity index (χ1) is 10.1. The number of halogens is 2. The molecule has 0 saturated carbocycles. The van der Waals surface area contributed by atoms with Crippen molar-refractivity contribution in [2.45, 2.75) is 0 Å². The van der Waals surface area contributed by atoms with Crippen molar-refractivity contribution < 1.29 is 0 Å². The summed E-state index contributed by atoms with van der Waals surface area (Å²) in [6.07, 6.45) is 0. The molecule has 0 unspecified atom stereocenters. The van der Waals surface area contributed by atoms with E-state index in [0.29, 0.717) is 0 Å². The van der Waals surface area contributed by atoms with Crippen LogP contribution in [0.4, 0.5) is 0 Å². The maximum absolute atomic E-state index is 7.35. The molecule has 0 spiro atoms. The fourth-order valence-electron chi connectivity index (χ4n) is 2.69. The molecule has 0 atom stereocenters. The molecule has 3 heteroatoms. The first kappa shape index (κ1) is 15.0. The van der Waals surface area contributed by atoms with Crippen molar-refractivity contribution in [1.29, 1.82) is 0 Å². The van der Waals surface area contributed by atoms with Gasteiger partial charge in [-0.2, -0.15) is 0 Å². The Balaban J connectivity index is 2.36. The van der Waals surface area contributed by atoms with Crippen LogP contribution in [-0.4, -0.2) is 14.7 Å². The number of rotatable bonds is 3. The van der Waals surface area contributed by atoms with Crippen molar-refractivity contribution >= 4 is 43.3 Å². The van der Waals surface area contributed by atoms with Crippen LogP contribution >= 0.6 is 17.8 Å². The molecular weight excluding hydrogens is 406 g/mol. The summed E-state index contributed by atoms with van der Waals surface area (Å²) >= 11 is -4.51. The maximum atomic E-state index is 7.35. The van der Waals surface area contributed by atoms with Gasteiger partial charge in [-0.1, -0.05) is 0 Å². The van der Waals surface area contributed by atoms with Crippen molar-refractivity contribution in [3.05, 3.63) is 91.0 Å². The fraction of sp³-hybridized carbons (Fsp3) is 0. The fourth-order valence-corrected chi connectivity index (χ4v) is 17.3. The zero-order valence-electron chi connectivity index (χ0n) is 11.4. The second-order valence-corrected chi connectivity index (χ2v) is 27.3. The van der Waals surface area contributed by atoms with Crippen molar-refractivity contribution in [2.24, 2.45) is 0 Å². The van der Waals surface area contributed by atoms with Crippen LogP contribution in [0.15, 0.2) is 91.0 Å². The van der Waals surface area contributed by atoms with Crippen molar-refractivity contribution in [2.75, 3.05) is 0 Å². The van der Waals surface area contributed by atoms with Gasteiger partial charge in [-0.25, -0.2) is 0 Å². The average Bonchev–Trinajstić information content (AvgIpc) is 2.57. The first-order valence-corrected chi connectivity index (χ1v) is 18.4. The van der Waals surface area contributed by atoms with Gasteiger partial charge < -0.3 is 0 Å². The van der Waals surface area contributed by atoms with Crippen molar-refractivity contribution in [3.8, 4) is 0 Å². The molecule has 106 valence electrons. The first-order valence-electron chi connectivity index (χ1n) is 6.86. The van der Waals surface area contributed by atoms with E-state index < -0.39 is 14.7 Å². The molecular formula is C18H15Cl2Sn-. The third kappa shape index (κ3) is 2.50. The Hall–Kier alpha value is -0.961. The van der Waals surface area contributed by atoms with Gasteiger partial charge in [0.05, 0.1) is 0 Å². The Labute approximate surface area is 133 Å². The van der Waals surface area contributed by atoms with Gasteiger partial charge in [-0.15, -0.1) is 0 Å². The van der Waals surface area contributed by atoms with Crippen LogP contribution in [0.1, 0.15) is 0 Å². The van der Waals surface area contributed by atoms with E-state index in [2.05, 4.69) is 0 Å². The number of hydrogen-bond donors (Lipinski definition) is 0. The monoisotopic (exact) mass is 421 g/mol. The molecule has 0 aliphatic rings. The summed E-state index contributed by atoms with van der Waals surface area (Å²) in [7, 11) is 14.7. The summed E-state index contributed by atoms with van der Waals surface area (Å²) in [5.74, 6) is 0. The number of benzene rings is 3. The quantitative estimate of drug-likeness (QED) is 0.568. The SMILES string of the molecule is [Cl][Sn-]([Cl])([c]1ccccc1)([c]1ccccc1)[c]1ccccc1. The van der Waals surface area contributed by atoms with E-state index in [9.17, 15) is 0 Å². The van der Waals surface area contributed by atoms with Crippen LogP contribution in [0, 0.1) is 0 Å². The van der Waals surface area contributed by atoms with Crippen molar-refractivity contribution in [3.63, 3.8) is 0 Å². The Morgan fingerprint density at radius 2 is 0.667 bits per heavy atom. The Kier molecular flexibility index (Phi) is 4.04. The van der Waals surface area contributed by atoms with Gasteiger partial charge in [-0.05, 0) is 0 Å². The second-order valence-electron chi connectivity index (χ2n) is 5.11. The van der Waals surface area contributed by atoms with Gasteiger partial charge in [0.1, 0.15) is 0 Å². The third-order valence-electron chi connectivity index (χ3n) is 3.84. The molecule has 0 saturated heterocycles. The third-order valence-corrected chi connectivity index (χ3v) is 24.2. The van der Waals surface area contributed by atoms with Gasteiger partial charge in [0.15, 0.2) is 0 Å². The Bertz CT molecular complexity index is 622. The second kappa shape index (κ2) is 5.68. The molecule has 3 rings (SSSR count). The molecule has 0 heterocycles. The summed E-state index contributed by atoms with van der Waals surface area (Å²) in [4.78, 5) is 0. The summed E-state index contributed by atoms with van der Waals surface area (Å²) in [5.41, 5.74) is 0. The summed E-state index contributed by atoms with van der Waals surface area (Å²) < 4.78 is 3.12. The predicted molar refractivity (Wildman–Crippen MR) is 95.7 cm³/mol. The Morgan fingerprint density at radius 1 is 0.429 bits per heavy atom. The van der Waals surface area contributed by atoms with Crippen LogP contribution < -0.4 is 10.7 Å². The van der Waals surface area contributed by atoms with Crippen LogP contribution in [0.5, 0.6) is 0 Å². The van der Waals surface area contributed by atoms with Gasteiger partial charge >= 0.3 is 134 Å². The van der Waals surface area contributed by atoms with E-state index in [4.69, 9.17) is 17.8 Å². The standard InChI is InChI=1S/3C6H5.2ClH.Sn/c3*1-2-4-6-5-3-1;;;/h3*1-5H;2*1H;/q;;;;;+1/p-2. The molecule has 21 heavy (non-hydrogen) atoms. The average molecular weight is 421 g/mol. The molecule has 0 aromatic heterocycles. The van der Waals surface area contributed by atoms with Crippen molar-refractivity contribution in [1.82, 2.24) is 0 Å². The minimum absolute atomic E-state index is 1.04. The van der Waals surface area contributed by atoms with E-state index in [-0.39, 0.29) is 0 Å². The summed E-state index contributed by atoms with van der Waals surface area (Å²) in [5, 5.41) is 0. The molecule has 3 aromatic rings. The molecule has 0 amide bonds. The van der Waals surface area contributed by atoms with Crippen LogP contribution in [0.3, 0.4) is 0 Å². The van der Waals surface area contributed by atoms with Gasteiger partial charge in [-0.3, -0.25) is 0 Å². The van der Waals surface area contributed by atoms with Crippen LogP contribution in [-0.2, 0) is 0 Å². The number of hydrogen-bond acceptors (Lipinski definition) is 0. The van der Waals surface area contributed by atoms with E-state index in [1.165, 1.54) is 0 Å². The topological polar surface area (TPSA) is 0 Å². The van der Waals surface area contributed by atoms with E-state index in [1.807, 2.05) is 91.0 Å². The van der Waals surface area contributed by atoms with E-state index >= 15 is 0 Å². The molecule has 0 aliphatic carbocycles. The normalized spacial score (nSPS) is 13.3.